The number of rotatable bonds is 4. The Bertz CT molecular complexity index is 585. The normalized spacial score (nSPS) is 19.8. The van der Waals surface area contributed by atoms with Gasteiger partial charge < -0.3 is 14.3 Å². The monoisotopic (exact) mass is 308 g/mol. The number of nitrogens with zero attached hydrogens (tertiary/aromatic N) is 2. The van der Waals surface area contributed by atoms with E-state index in [4.69, 9.17) is 20.8 Å². The van der Waals surface area contributed by atoms with Gasteiger partial charge in [-0.25, -0.2) is 4.98 Å². The molecule has 1 N–H and O–H groups in total. The Balaban J connectivity index is 1.71. The van der Waals surface area contributed by atoms with Crippen LogP contribution in [0.4, 0.5) is 0 Å². The number of hydrogen-bond acceptors (Lipinski definition) is 5. The van der Waals surface area contributed by atoms with Crippen LogP contribution in [0.25, 0.3) is 11.5 Å². The van der Waals surface area contributed by atoms with E-state index < -0.39 is 0 Å². The number of morpholine rings is 1. The zero-order valence-electron chi connectivity index (χ0n) is 11.5. The molecule has 1 atom stereocenters. The highest BCUT2D eigenvalue weighted by atomic mass is 35.5. The number of oxazole rings is 1. The van der Waals surface area contributed by atoms with Gasteiger partial charge in [-0.15, -0.1) is 0 Å². The molecular formula is C15H17ClN2O3. The zero-order chi connectivity index (χ0) is 14.7. The first-order valence-electron chi connectivity index (χ1n) is 6.89. The molecule has 6 heteroatoms. The topological polar surface area (TPSA) is 58.7 Å². The van der Waals surface area contributed by atoms with Crippen molar-refractivity contribution in [3.63, 3.8) is 0 Å². The fraction of sp³-hybridized carbons (Fsp3) is 0.400. The number of aromatic nitrogens is 1. The molecule has 0 amide bonds. The molecule has 21 heavy (non-hydrogen) atoms. The fourth-order valence-corrected chi connectivity index (χ4v) is 2.50. The lowest BCUT2D eigenvalue weighted by Gasteiger charge is -2.33. The highest BCUT2D eigenvalue weighted by molar-refractivity contribution is 6.30. The van der Waals surface area contributed by atoms with E-state index in [2.05, 4.69) is 9.88 Å². The van der Waals surface area contributed by atoms with E-state index in [0.29, 0.717) is 30.7 Å². The molecule has 112 valence electrons. The van der Waals surface area contributed by atoms with Gasteiger partial charge in [0.2, 0.25) is 5.89 Å². The molecule has 3 rings (SSSR count). The van der Waals surface area contributed by atoms with Gasteiger partial charge >= 0.3 is 0 Å². The quantitative estimate of drug-likeness (QED) is 0.938. The maximum Gasteiger partial charge on any atom is 0.226 e. The maximum atomic E-state index is 9.37. The molecule has 1 aliphatic heterocycles. The minimum absolute atomic E-state index is 0.0226. The van der Waals surface area contributed by atoms with Crippen molar-refractivity contribution in [3.8, 4) is 11.5 Å². The first-order valence-corrected chi connectivity index (χ1v) is 7.27. The molecule has 0 bridgehead atoms. The molecule has 1 fully saturated rings. The maximum absolute atomic E-state index is 9.37. The van der Waals surface area contributed by atoms with Crippen LogP contribution in [0.15, 0.2) is 34.9 Å². The first kappa shape index (κ1) is 14.5. The van der Waals surface area contributed by atoms with Crippen molar-refractivity contribution in [2.45, 2.75) is 12.6 Å². The summed E-state index contributed by atoms with van der Waals surface area (Å²) in [4.78, 5) is 6.66. The summed E-state index contributed by atoms with van der Waals surface area (Å²) in [6, 6.07) is 7.40. The Kier molecular flexibility index (Phi) is 4.55. The number of aliphatic hydroxyl groups is 1. The number of halogens is 1. The van der Waals surface area contributed by atoms with Crippen molar-refractivity contribution >= 4 is 11.6 Å². The highest BCUT2D eigenvalue weighted by Crippen LogP contribution is 2.22. The van der Waals surface area contributed by atoms with E-state index in [1.54, 1.807) is 6.26 Å². The lowest BCUT2D eigenvalue weighted by Crippen LogP contribution is -2.46. The van der Waals surface area contributed by atoms with E-state index in [-0.39, 0.29) is 12.6 Å². The van der Waals surface area contributed by atoms with Crippen LogP contribution in [0.3, 0.4) is 0 Å². The van der Waals surface area contributed by atoms with E-state index in [1.807, 2.05) is 24.3 Å². The summed E-state index contributed by atoms with van der Waals surface area (Å²) in [6.45, 7) is 2.75. The number of ether oxygens (including phenoxy) is 1. The van der Waals surface area contributed by atoms with Crippen molar-refractivity contribution < 1.29 is 14.3 Å². The standard InChI is InChI=1S/C15H17ClN2O3/c16-12-3-1-11(2-4-12)15-17-13(9-21-15)7-18-5-6-20-10-14(18)8-19/h1-4,9,14,19H,5-8,10H2. The molecule has 1 aromatic heterocycles. The molecule has 0 aliphatic carbocycles. The van der Waals surface area contributed by atoms with Gasteiger partial charge in [0, 0.05) is 23.7 Å². The zero-order valence-corrected chi connectivity index (χ0v) is 12.3. The van der Waals surface area contributed by atoms with Gasteiger partial charge in [0.25, 0.3) is 0 Å². The van der Waals surface area contributed by atoms with Crippen molar-refractivity contribution in [2.24, 2.45) is 0 Å². The third-order valence-corrected chi connectivity index (χ3v) is 3.82. The molecule has 1 aromatic carbocycles. The first-order chi connectivity index (χ1) is 10.3. The Morgan fingerprint density at radius 2 is 2.14 bits per heavy atom. The third-order valence-electron chi connectivity index (χ3n) is 3.57. The summed E-state index contributed by atoms with van der Waals surface area (Å²) in [7, 11) is 0. The number of benzene rings is 1. The molecule has 2 heterocycles. The molecule has 0 spiro atoms. The van der Waals surface area contributed by atoms with Crippen molar-refractivity contribution in [1.82, 2.24) is 9.88 Å². The van der Waals surface area contributed by atoms with Gasteiger partial charge in [-0.1, -0.05) is 11.6 Å². The van der Waals surface area contributed by atoms with E-state index in [9.17, 15) is 5.11 Å². The molecule has 1 aliphatic rings. The second-order valence-electron chi connectivity index (χ2n) is 5.03. The smallest absolute Gasteiger partial charge is 0.226 e. The minimum atomic E-state index is 0.0226. The van der Waals surface area contributed by atoms with Crippen LogP contribution in [-0.2, 0) is 11.3 Å². The van der Waals surface area contributed by atoms with Crippen LogP contribution in [-0.4, -0.2) is 47.4 Å². The Labute approximate surface area is 128 Å². The Morgan fingerprint density at radius 3 is 2.90 bits per heavy atom. The van der Waals surface area contributed by atoms with E-state index in [1.165, 1.54) is 0 Å². The van der Waals surface area contributed by atoms with Crippen molar-refractivity contribution in [2.75, 3.05) is 26.4 Å². The van der Waals surface area contributed by atoms with Gasteiger partial charge in [0.1, 0.15) is 6.26 Å². The summed E-state index contributed by atoms with van der Waals surface area (Å²) in [5.41, 5.74) is 1.74. The summed E-state index contributed by atoms with van der Waals surface area (Å²) >= 11 is 5.87. The molecule has 2 aromatic rings. The predicted octanol–water partition coefficient (Wildman–Crippen LogP) is 2.19. The fourth-order valence-electron chi connectivity index (χ4n) is 2.38. The summed E-state index contributed by atoms with van der Waals surface area (Å²) < 4.78 is 10.9. The van der Waals surface area contributed by atoms with Crippen LogP contribution in [0.1, 0.15) is 5.69 Å². The minimum Gasteiger partial charge on any atom is -0.444 e. The second-order valence-corrected chi connectivity index (χ2v) is 5.47. The van der Waals surface area contributed by atoms with E-state index in [0.717, 1.165) is 17.8 Å². The molecule has 0 radical (unpaired) electrons. The molecule has 5 nitrogen and oxygen atoms in total. The molecule has 0 saturated carbocycles. The van der Waals surface area contributed by atoms with Gasteiger partial charge in [-0.3, -0.25) is 4.90 Å². The molecule has 1 saturated heterocycles. The lowest BCUT2D eigenvalue weighted by molar-refractivity contribution is -0.0317. The molecular weight excluding hydrogens is 292 g/mol. The SMILES string of the molecule is OCC1COCCN1Cc1coc(-c2ccc(Cl)cc2)n1. The molecule has 1 unspecified atom stereocenters. The average Bonchev–Trinajstić information content (AvgIpc) is 2.97. The van der Waals surface area contributed by atoms with Gasteiger partial charge in [-0.05, 0) is 24.3 Å². The third kappa shape index (κ3) is 3.44. The van der Waals surface area contributed by atoms with E-state index >= 15 is 0 Å². The number of aliphatic hydroxyl groups excluding tert-OH is 1. The van der Waals surface area contributed by atoms with Crippen LogP contribution in [0.2, 0.25) is 5.02 Å². The average molecular weight is 309 g/mol. The van der Waals surface area contributed by atoms with Crippen LogP contribution < -0.4 is 0 Å². The van der Waals surface area contributed by atoms with Crippen LogP contribution >= 0.6 is 11.6 Å². The highest BCUT2D eigenvalue weighted by Gasteiger charge is 2.23. The lowest BCUT2D eigenvalue weighted by atomic mass is 10.2. The summed E-state index contributed by atoms with van der Waals surface area (Å²) in [5, 5.41) is 10.1. The van der Waals surface area contributed by atoms with Crippen molar-refractivity contribution in [1.29, 1.82) is 0 Å². The predicted molar refractivity (Wildman–Crippen MR) is 79.1 cm³/mol. The Morgan fingerprint density at radius 1 is 1.33 bits per heavy atom. The number of hydrogen-bond donors (Lipinski definition) is 1. The van der Waals surface area contributed by atoms with Gasteiger partial charge in [0.15, 0.2) is 0 Å². The second kappa shape index (κ2) is 6.58. The summed E-state index contributed by atoms with van der Waals surface area (Å²) in [5.74, 6) is 0.579. The van der Waals surface area contributed by atoms with Crippen LogP contribution in [0, 0.1) is 0 Å². The largest absolute Gasteiger partial charge is 0.444 e. The summed E-state index contributed by atoms with van der Waals surface area (Å²) in [6.07, 6.45) is 1.66. The van der Waals surface area contributed by atoms with Crippen LogP contribution in [0.5, 0.6) is 0 Å². The van der Waals surface area contributed by atoms with Crippen molar-refractivity contribution in [3.05, 3.63) is 41.2 Å². The Hall–Kier alpha value is -1.40. The van der Waals surface area contributed by atoms with Gasteiger partial charge in [0.05, 0.1) is 31.6 Å². The van der Waals surface area contributed by atoms with Gasteiger partial charge in [-0.2, -0.15) is 0 Å².